The third-order valence-electron chi connectivity index (χ3n) is 11.5. The van der Waals surface area contributed by atoms with Crippen molar-refractivity contribution in [3.05, 3.63) is 200 Å². The minimum absolute atomic E-state index is 0.850. The Morgan fingerprint density at radius 1 is 0.345 bits per heavy atom. The molecule has 0 saturated carbocycles. The summed E-state index contributed by atoms with van der Waals surface area (Å²) in [6.07, 6.45) is 0. The summed E-state index contributed by atoms with van der Waals surface area (Å²) in [4.78, 5) is 2.33. The standard InChI is InChI=1S/C54H33NO2S/c1-2-10-36(11-3-1)41-28-29-47(54-53(41)44-14-5-8-16-49(44)57-54)55(39-24-18-34(19-25-39)37-22-30-50-45(32-37)42-12-4-7-15-48(42)56-50)40-26-20-35(21-27-40)38-23-31-52-46(33-38)43-13-6-9-17-51(43)58-52/h1-33H. The number of hydrogen-bond acceptors (Lipinski definition) is 4. The second-order valence-electron chi connectivity index (χ2n) is 14.8. The average Bonchev–Trinajstić information content (AvgIpc) is 3.99. The maximum atomic E-state index is 6.84. The van der Waals surface area contributed by atoms with Gasteiger partial charge in [0.05, 0.1) is 5.69 Å². The van der Waals surface area contributed by atoms with E-state index in [2.05, 4.69) is 187 Å². The molecule has 12 aromatic rings. The average molecular weight is 760 g/mol. The Morgan fingerprint density at radius 3 is 1.64 bits per heavy atom. The highest BCUT2D eigenvalue weighted by atomic mass is 32.1. The van der Waals surface area contributed by atoms with Crippen LogP contribution in [-0.4, -0.2) is 0 Å². The van der Waals surface area contributed by atoms with E-state index in [1.165, 1.54) is 31.3 Å². The number of nitrogens with zero attached hydrogens (tertiary/aromatic N) is 1. The zero-order valence-electron chi connectivity index (χ0n) is 31.2. The molecular formula is C54H33NO2S. The summed E-state index contributed by atoms with van der Waals surface area (Å²) in [7, 11) is 0. The molecule has 12 rings (SSSR count). The van der Waals surface area contributed by atoms with E-state index in [1.54, 1.807) is 0 Å². The molecule has 0 fully saturated rings. The molecule has 0 amide bonds. The zero-order valence-corrected chi connectivity index (χ0v) is 32.0. The quantitative estimate of drug-likeness (QED) is 0.169. The fourth-order valence-corrected chi connectivity index (χ4v) is 9.78. The first-order valence-electron chi connectivity index (χ1n) is 19.6. The van der Waals surface area contributed by atoms with E-state index >= 15 is 0 Å². The summed E-state index contributed by atoms with van der Waals surface area (Å²) >= 11 is 1.85. The van der Waals surface area contributed by atoms with Gasteiger partial charge in [-0.15, -0.1) is 11.3 Å². The van der Waals surface area contributed by atoms with Gasteiger partial charge in [-0.2, -0.15) is 0 Å². The first kappa shape index (κ1) is 32.8. The molecule has 3 nitrogen and oxygen atoms in total. The van der Waals surface area contributed by atoms with Gasteiger partial charge in [-0.05, 0) is 106 Å². The van der Waals surface area contributed by atoms with Crippen molar-refractivity contribution in [2.45, 2.75) is 0 Å². The van der Waals surface area contributed by atoms with Crippen molar-refractivity contribution in [2.75, 3.05) is 4.90 Å². The van der Waals surface area contributed by atoms with E-state index in [1.807, 2.05) is 29.5 Å². The maximum Gasteiger partial charge on any atom is 0.160 e. The molecule has 0 aliphatic heterocycles. The molecule has 3 heterocycles. The van der Waals surface area contributed by atoms with Crippen LogP contribution in [0.5, 0.6) is 0 Å². The first-order valence-corrected chi connectivity index (χ1v) is 20.4. The molecule has 0 aliphatic rings. The van der Waals surface area contributed by atoms with E-state index in [4.69, 9.17) is 8.83 Å². The van der Waals surface area contributed by atoms with Gasteiger partial charge >= 0.3 is 0 Å². The van der Waals surface area contributed by atoms with Crippen LogP contribution in [-0.2, 0) is 0 Å². The molecule has 58 heavy (non-hydrogen) atoms. The Bertz CT molecular complexity index is 3340. The van der Waals surface area contributed by atoms with Gasteiger partial charge in [0, 0.05) is 53.1 Å². The molecule has 0 bridgehead atoms. The Kier molecular flexibility index (Phi) is 7.40. The van der Waals surface area contributed by atoms with Gasteiger partial charge in [0.1, 0.15) is 16.7 Å². The largest absolute Gasteiger partial charge is 0.456 e. The summed E-state index contributed by atoms with van der Waals surface area (Å²) < 4.78 is 15.6. The molecule has 0 atom stereocenters. The molecule has 9 aromatic carbocycles. The topological polar surface area (TPSA) is 29.5 Å². The fraction of sp³-hybridized carbons (Fsp3) is 0. The summed E-state index contributed by atoms with van der Waals surface area (Å²) in [6.45, 7) is 0. The van der Waals surface area contributed by atoms with Crippen molar-refractivity contribution in [1.29, 1.82) is 0 Å². The van der Waals surface area contributed by atoms with Crippen LogP contribution < -0.4 is 4.90 Å². The summed E-state index contributed by atoms with van der Waals surface area (Å²) in [5, 5.41) is 7.06. The number of anilines is 3. The molecule has 0 radical (unpaired) electrons. The third kappa shape index (κ3) is 5.27. The molecule has 0 N–H and O–H groups in total. The van der Waals surface area contributed by atoms with Crippen LogP contribution in [0.2, 0.25) is 0 Å². The Hall–Kier alpha value is -7.40. The van der Waals surface area contributed by atoms with Gasteiger partial charge in [0.2, 0.25) is 0 Å². The van der Waals surface area contributed by atoms with Gasteiger partial charge in [-0.1, -0.05) is 127 Å². The Morgan fingerprint density at radius 2 is 0.897 bits per heavy atom. The Balaban J connectivity index is 1.01. The van der Waals surface area contributed by atoms with Crippen LogP contribution in [0.25, 0.3) is 97.4 Å². The van der Waals surface area contributed by atoms with E-state index in [-0.39, 0.29) is 0 Å². The predicted molar refractivity (Wildman–Crippen MR) is 245 cm³/mol. The molecule has 0 spiro atoms. The number of para-hydroxylation sites is 2. The van der Waals surface area contributed by atoms with Crippen LogP contribution in [0, 0.1) is 0 Å². The van der Waals surface area contributed by atoms with Crippen molar-refractivity contribution in [2.24, 2.45) is 0 Å². The molecule has 0 aliphatic carbocycles. The van der Waals surface area contributed by atoms with E-state index < -0.39 is 0 Å². The molecular weight excluding hydrogens is 727 g/mol. The number of thiophene rings is 1. The highest BCUT2D eigenvalue weighted by molar-refractivity contribution is 7.25. The lowest BCUT2D eigenvalue weighted by Crippen LogP contribution is -2.10. The van der Waals surface area contributed by atoms with E-state index in [0.717, 1.165) is 83.2 Å². The number of rotatable bonds is 6. The van der Waals surface area contributed by atoms with Crippen molar-refractivity contribution < 1.29 is 8.83 Å². The summed E-state index contributed by atoms with van der Waals surface area (Å²) in [5.74, 6) is 0. The predicted octanol–water partition coefficient (Wildman–Crippen LogP) is 16.3. The number of furan rings is 2. The van der Waals surface area contributed by atoms with Crippen LogP contribution >= 0.6 is 11.3 Å². The second-order valence-corrected chi connectivity index (χ2v) is 15.9. The molecule has 3 aromatic heterocycles. The van der Waals surface area contributed by atoms with Gasteiger partial charge in [-0.25, -0.2) is 0 Å². The Labute approximate surface area is 338 Å². The van der Waals surface area contributed by atoms with Crippen LogP contribution in [0.15, 0.2) is 209 Å². The second kappa shape index (κ2) is 13.1. The lowest BCUT2D eigenvalue weighted by atomic mass is 9.97. The van der Waals surface area contributed by atoms with Crippen molar-refractivity contribution >= 4 is 92.4 Å². The van der Waals surface area contributed by atoms with E-state index in [0.29, 0.717) is 0 Å². The number of hydrogen-bond donors (Lipinski definition) is 0. The van der Waals surface area contributed by atoms with Gasteiger partial charge < -0.3 is 13.7 Å². The lowest BCUT2D eigenvalue weighted by Gasteiger charge is -2.26. The van der Waals surface area contributed by atoms with Crippen molar-refractivity contribution in [1.82, 2.24) is 0 Å². The van der Waals surface area contributed by atoms with Gasteiger partial charge in [-0.3, -0.25) is 0 Å². The van der Waals surface area contributed by atoms with Gasteiger partial charge in [0.25, 0.3) is 0 Å². The van der Waals surface area contributed by atoms with Crippen molar-refractivity contribution in [3.63, 3.8) is 0 Å². The highest BCUT2D eigenvalue weighted by Crippen LogP contribution is 2.46. The van der Waals surface area contributed by atoms with Gasteiger partial charge in [0.15, 0.2) is 5.58 Å². The molecule has 272 valence electrons. The summed E-state index contributed by atoms with van der Waals surface area (Å²) in [5.41, 5.74) is 13.5. The fourth-order valence-electron chi connectivity index (χ4n) is 8.69. The van der Waals surface area contributed by atoms with Crippen molar-refractivity contribution in [3.8, 4) is 33.4 Å². The minimum Gasteiger partial charge on any atom is -0.456 e. The monoisotopic (exact) mass is 759 g/mol. The van der Waals surface area contributed by atoms with Crippen LogP contribution in [0.3, 0.4) is 0 Å². The minimum atomic E-state index is 0.850. The first-order chi connectivity index (χ1) is 28.7. The molecule has 0 unspecified atom stereocenters. The number of fused-ring (bicyclic) bond motifs is 9. The smallest absolute Gasteiger partial charge is 0.160 e. The normalized spacial score (nSPS) is 11.8. The number of benzene rings is 9. The van der Waals surface area contributed by atoms with Crippen LogP contribution in [0.1, 0.15) is 0 Å². The lowest BCUT2D eigenvalue weighted by molar-refractivity contribution is 0.668. The SMILES string of the molecule is c1ccc(-c2ccc(N(c3ccc(-c4ccc5oc6ccccc6c5c4)cc3)c3ccc(-c4ccc5sc6ccccc6c5c4)cc3)c3oc4ccccc4c23)cc1. The zero-order chi connectivity index (χ0) is 38.2. The highest BCUT2D eigenvalue weighted by Gasteiger charge is 2.22. The molecule has 0 saturated heterocycles. The van der Waals surface area contributed by atoms with E-state index in [9.17, 15) is 0 Å². The summed E-state index contributed by atoms with van der Waals surface area (Å²) in [6, 6.07) is 71.5. The van der Waals surface area contributed by atoms with Crippen LogP contribution in [0.4, 0.5) is 17.1 Å². The maximum absolute atomic E-state index is 6.84. The molecule has 4 heteroatoms. The third-order valence-corrected chi connectivity index (χ3v) is 12.7.